The van der Waals surface area contributed by atoms with Gasteiger partial charge in [-0.05, 0) is 31.5 Å². The molecule has 1 atom stereocenters. The average Bonchev–Trinajstić information content (AvgIpc) is 2.40. The Morgan fingerprint density at radius 3 is 2.95 bits per heavy atom. The number of fused-ring (bicyclic) bond motifs is 1. The smallest absolute Gasteiger partial charge is 0.278 e. The Morgan fingerprint density at radius 1 is 1.50 bits per heavy atom. The standard InChI is InChI=1S/C14H18N2O4/c1-9-4-5-11-10(8-9)16-13(18)14(2,20-11)12(17)15-6-7-19-3/h4-5,8H,6-7H2,1-3H3,(H,15,17)(H,16,18)/t14-/m1/s1. The predicted octanol–water partition coefficient (Wildman–Crippen LogP) is 0.847. The van der Waals surface area contributed by atoms with Crippen LogP contribution < -0.4 is 15.4 Å². The molecule has 20 heavy (non-hydrogen) atoms. The summed E-state index contributed by atoms with van der Waals surface area (Å²) in [4.78, 5) is 24.3. The quantitative estimate of drug-likeness (QED) is 0.632. The van der Waals surface area contributed by atoms with Gasteiger partial charge >= 0.3 is 0 Å². The Labute approximate surface area is 117 Å². The van der Waals surface area contributed by atoms with Gasteiger partial charge in [-0.3, -0.25) is 9.59 Å². The highest BCUT2D eigenvalue weighted by atomic mass is 16.5. The number of carbonyl (C=O) groups excluding carboxylic acids is 2. The van der Waals surface area contributed by atoms with Crippen molar-refractivity contribution < 1.29 is 19.1 Å². The molecule has 0 spiro atoms. The topological polar surface area (TPSA) is 76.7 Å². The largest absolute Gasteiger partial charge is 0.466 e. The van der Waals surface area contributed by atoms with Gasteiger partial charge in [0.2, 0.25) is 0 Å². The van der Waals surface area contributed by atoms with Crippen LogP contribution in [0.3, 0.4) is 0 Å². The molecule has 1 aliphatic rings. The van der Waals surface area contributed by atoms with Gasteiger partial charge in [0.05, 0.1) is 12.3 Å². The van der Waals surface area contributed by atoms with E-state index in [-0.39, 0.29) is 0 Å². The first-order chi connectivity index (χ1) is 9.47. The van der Waals surface area contributed by atoms with Crippen LogP contribution in [0.15, 0.2) is 18.2 Å². The minimum absolute atomic E-state index is 0.322. The number of nitrogens with one attached hydrogen (secondary N) is 2. The third kappa shape index (κ3) is 2.60. The molecule has 0 saturated carbocycles. The Balaban J connectivity index is 2.18. The number of rotatable bonds is 4. The second kappa shape index (κ2) is 5.50. The lowest BCUT2D eigenvalue weighted by Gasteiger charge is -2.33. The zero-order valence-electron chi connectivity index (χ0n) is 11.8. The molecule has 0 aromatic heterocycles. The average molecular weight is 278 g/mol. The number of methoxy groups -OCH3 is 1. The van der Waals surface area contributed by atoms with Crippen LogP contribution in [0.25, 0.3) is 0 Å². The lowest BCUT2D eigenvalue weighted by molar-refractivity contribution is -0.146. The van der Waals surface area contributed by atoms with E-state index in [0.29, 0.717) is 24.6 Å². The maximum Gasteiger partial charge on any atom is 0.278 e. The van der Waals surface area contributed by atoms with E-state index >= 15 is 0 Å². The summed E-state index contributed by atoms with van der Waals surface area (Å²) in [7, 11) is 1.54. The minimum atomic E-state index is -1.57. The van der Waals surface area contributed by atoms with Gasteiger partial charge in [0.25, 0.3) is 17.4 Å². The molecule has 1 aliphatic heterocycles. The molecule has 1 aromatic carbocycles. The van der Waals surface area contributed by atoms with Crippen molar-refractivity contribution in [1.29, 1.82) is 0 Å². The first-order valence-electron chi connectivity index (χ1n) is 6.36. The third-order valence-corrected chi connectivity index (χ3v) is 3.16. The van der Waals surface area contributed by atoms with Gasteiger partial charge in [0.1, 0.15) is 5.75 Å². The summed E-state index contributed by atoms with van der Waals surface area (Å²) in [5.74, 6) is -0.483. The first kappa shape index (κ1) is 14.3. The van der Waals surface area contributed by atoms with Crippen molar-refractivity contribution in [1.82, 2.24) is 5.32 Å². The maximum atomic E-state index is 12.1. The highest BCUT2D eigenvalue weighted by Crippen LogP contribution is 2.34. The number of carbonyl (C=O) groups is 2. The van der Waals surface area contributed by atoms with Crippen molar-refractivity contribution in [3.05, 3.63) is 23.8 Å². The summed E-state index contributed by atoms with van der Waals surface area (Å²) >= 11 is 0. The van der Waals surface area contributed by atoms with E-state index in [9.17, 15) is 9.59 Å². The van der Waals surface area contributed by atoms with Crippen LogP contribution in [0.1, 0.15) is 12.5 Å². The van der Waals surface area contributed by atoms with Gasteiger partial charge in [-0.15, -0.1) is 0 Å². The van der Waals surface area contributed by atoms with E-state index in [2.05, 4.69) is 10.6 Å². The molecule has 1 aromatic rings. The number of hydrogen-bond acceptors (Lipinski definition) is 4. The monoisotopic (exact) mass is 278 g/mol. The number of anilines is 1. The summed E-state index contributed by atoms with van der Waals surface area (Å²) in [6.07, 6.45) is 0. The van der Waals surface area contributed by atoms with Crippen LogP contribution in [-0.2, 0) is 14.3 Å². The molecule has 2 N–H and O–H groups in total. The Morgan fingerprint density at radius 2 is 2.25 bits per heavy atom. The van der Waals surface area contributed by atoms with Crippen LogP contribution in [0.5, 0.6) is 5.75 Å². The molecule has 0 radical (unpaired) electrons. The Kier molecular flexibility index (Phi) is 3.94. The van der Waals surface area contributed by atoms with Gasteiger partial charge in [0, 0.05) is 13.7 Å². The van der Waals surface area contributed by atoms with E-state index in [1.54, 1.807) is 12.1 Å². The molecule has 0 fully saturated rings. The number of hydrogen-bond donors (Lipinski definition) is 2. The number of ether oxygens (including phenoxy) is 2. The van der Waals surface area contributed by atoms with Crippen molar-refractivity contribution >= 4 is 17.5 Å². The van der Waals surface area contributed by atoms with E-state index in [4.69, 9.17) is 9.47 Å². The molecule has 0 bridgehead atoms. The maximum absolute atomic E-state index is 12.1. The van der Waals surface area contributed by atoms with Crippen molar-refractivity contribution in [2.75, 3.05) is 25.6 Å². The molecule has 0 unspecified atom stereocenters. The summed E-state index contributed by atoms with van der Waals surface area (Å²) in [6.45, 7) is 4.06. The molecule has 2 rings (SSSR count). The van der Waals surface area contributed by atoms with Crippen molar-refractivity contribution in [2.45, 2.75) is 19.4 Å². The fourth-order valence-electron chi connectivity index (χ4n) is 1.92. The van der Waals surface area contributed by atoms with Gasteiger partial charge in [0.15, 0.2) is 0 Å². The molecular formula is C14H18N2O4. The summed E-state index contributed by atoms with van der Waals surface area (Å²) < 4.78 is 10.5. The van der Waals surface area contributed by atoms with Gasteiger partial charge in [-0.2, -0.15) is 0 Å². The molecule has 108 valence electrons. The zero-order valence-corrected chi connectivity index (χ0v) is 11.8. The number of amides is 2. The van der Waals surface area contributed by atoms with E-state index in [1.165, 1.54) is 14.0 Å². The summed E-state index contributed by atoms with van der Waals surface area (Å²) in [5, 5.41) is 5.32. The van der Waals surface area contributed by atoms with Crippen LogP contribution in [-0.4, -0.2) is 37.7 Å². The molecule has 1 heterocycles. The molecule has 6 nitrogen and oxygen atoms in total. The van der Waals surface area contributed by atoms with Gasteiger partial charge in [-0.1, -0.05) is 6.07 Å². The predicted molar refractivity (Wildman–Crippen MR) is 73.7 cm³/mol. The van der Waals surface area contributed by atoms with Crippen molar-refractivity contribution in [3.63, 3.8) is 0 Å². The normalized spacial score (nSPS) is 20.6. The van der Waals surface area contributed by atoms with Crippen LogP contribution >= 0.6 is 0 Å². The first-order valence-corrected chi connectivity index (χ1v) is 6.36. The van der Waals surface area contributed by atoms with Crippen LogP contribution in [0, 0.1) is 6.92 Å². The molecule has 6 heteroatoms. The fraction of sp³-hybridized carbons (Fsp3) is 0.429. The molecule has 2 amide bonds. The zero-order chi connectivity index (χ0) is 14.8. The highest BCUT2D eigenvalue weighted by molar-refractivity contribution is 6.15. The van der Waals surface area contributed by atoms with Crippen LogP contribution in [0.2, 0.25) is 0 Å². The lowest BCUT2D eigenvalue weighted by atomic mass is 10.0. The SMILES string of the molecule is COCCNC(=O)[C@@]1(C)Oc2ccc(C)cc2NC1=O. The van der Waals surface area contributed by atoms with E-state index < -0.39 is 17.4 Å². The molecule has 0 aliphatic carbocycles. The fourth-order valence-corrected chi connectivity index (χ4v) is 1.92. The molecule has 0 saturated heterocycles. The summed E-state index contributed by atoms with van der Waals surface area (Å²) in [5.41, 5.74) is 0.00804. The second-order valence-electron chi connectivity index (χ2n) is 4.84. The van der Waals surface area contributed by atoms with E-state index in [0.717, 1.165) is 5.56 Å². The van der Waals surface area contributed by atoms with E-state index in [1.807, 2.05) is 13.0 Å². The third-order valence-electron chi connectivity index (χ3n) is 3.16. The van der Waals surface area contributed by atoms with Gasteiger partial charge < -0.3 is 20.1 Å². The molecular weight excluding hydrogens is 260 g/mol. The van der Waals surface area contributed by atoms with Crippen molar-refractivity contribution in [2.24, 2.45) is 0 Å². The minimum Gasteiger partial charge on any atom is -0.466 e. The second-order valence-corrected chi connectivity index (χ2v) is 4.84. The lowest BCUT2D eigenvalue weighted by Crippen LogP contribution is -2.59. The number of aryl methyl sites for hydroxylation is 1. The Bertz CT molecular complexity index is 544. The highest BCUT2D eigenvalue weighted by Gasteiger charge is 2.47. The van der Waals surface area contributed by atoms with Crippen LogP contribution in [0.4, 0.5) is 5.69 Å². The Hall–Kier alpha value is -2.08. The van der Waals surface area contributed by atoms with Gasteiger partial charge in [-0.25, -0.2) is 0 Å². The van der Waals surface area contributed by atoms with Crippen molar-refractivity contribution in [3.8, 4) is 5.75 Å². The number of benzene rings is 1. The summed E-state index contributed by atoms with van der Waals surface area (Å²) in [6, 6.07) is 5.40.